The average molecular weight is 253 g/mol. The highest BCUT2D eigenvalue weighted by molar-refractivity contribution is 5.38. The van der Waals surface area contributed by atoms with Crippen LogP contribution in [0, 0.1) is 28.5 Å². The fourth-order valence-corrected chi connectivity index (χ4v) is 1.44. The summed E-state index contributed by atoms with van der Waals surface area (Å²) in [6.07, 6.45) is 2.72. The first kappa shape index (κ1) is 12.5. The molecule has 0 radical (unpaired) electrons. The van der Waals surface area contributed by atoms with E-state index in [1.165, 1.54) is 30.6 Å². The summed E-state index contributed by atoms with van der Waals surface area (Å²) in [6, 6.07) is 7.94. The van der Waals surface area contributed by atoms with Gasteiger partial charge in [0.25, 0.3) is 0 Å². The SMILES string of the molecule is N#Cc1ccc(F)c(CNc2cnc(C#N)cn2)c1. The molecule has 0 fully saturated rings. The second kappa shape index (κ2) is 5.56. The van der Waals surface area contributed by atoms with Crippen molar-refractivity contribution in [3.63, 3.8) is 0 Å². The van der Waals surface area contributed by atoms with E-state index in [0.29, 0.717) is 16.9 Å². The van der Waals surface area contributed by atoms with Gasteiger partial charge in [-0.3, -0.25) is 0 Å². The van der Waals surface area contributed by atoms with E-state index in [1.807, 2.05) is 12.1 Å². The maximum absolute atomic E-state index is 13.5. The summed E-state index contributed by atoms with van der Waals surface area (Å²) >= 11 is 0. The number of hydrogen-bond donors (Lipinski definition) is 1. The van der Waals surface area contributed by atoms with E-state index in [2.05, 4.69) is 15.3 Å². The third-order valence-electron chi connectivity index (χ3n) is 2.40. The quantitative estimate of drug-likeness (QED) is 0.903. The first-order valence-electron chi connectivity index (χ1n) is 5.37. The number of nitriles is 2. The van der Waals surface area contributed by atoms with Crippen LogP contribution in [0.3, 0.4) is 0 Å². The monoisotopic (exact) mass is 253 g/mol. The smallest absolute Gasteiger partial charge is 0.158 e. The van der Waals surface area contributed by atoms with E-state index < -0.39 is 5.82 Å². The fourth-order valence-electron chi connectivity index (χ4n) is 1.44. The van der Waals surface area contributed by atoms with Crippen LogP contribution in [0.15, 0.2) is 30.6 Å². The van der Waals surface area contributed by atoms with Gasteiger partial charge >= 0.3 is 0 Å². The van der Waals surface area contributed by atoms with Gasteiger partial charge in [-0.15, -0.1) is 0 Å². The molecule has 0 unspecified atom stereocenters. The number of nitrogens with one attached hydrogen (secondary N) is 1. The zero-order chi connectivity index (χ0) is 13.7. The van der Waals surface area contributed by atoms with Gasteiger partial charge in [-0.25, -0.2) is 14.4 Å². The van der Waals surface area contributed by atoms with Gasteiger partial charge in [0.05, 0.1) is 24.0 Å². The van der Waals surface area contributed by atoms with Crippen molar-refractivity contribution < 1.29 is 4.39 Å². The first-order valence-corrected chi connectivity index (χ1v) is 5.37. The molecule has 0 atom stereocenters. The molecule has 0 spiro atoms. The van der Waals surface area contributed by atoms with E-state index >= 15 is 0 Å². The molecular weight excluding hydrogens is 245 g/mol. The molecule has 0 amide bonds. The van der Waals surface area contributed by atoms with Crippen molar-refractivity contribution in [3.8, 4) is 12.1 Å². The number of rotatable bonds is 3. The normalized spacial score (nSPS) is 9.42. The van der Waals surface area contributed by atoms with Crippen molar-refractivity contribution in [2.45, 2.75) is 6.54 Å². The van der Waals surface area contributed by atoms with E-state index in [1.54, 1.807) is 0 Å². The fraction of sp³-hybridized carbons (Fsp3) is 0.0769. The summed E-state index contributed by atoms with van der Waals surface area (Å²) in [4.78, 5) is 7.79. The number of benzene rings is 1. The number of nitrogens with zero attached hydrogens (tertiary/aromatic N) is 4. The maximum Gasteiger partial charge on any atom is 0.158 e. The van der Waals surface area contributed by atoms with Crippen LogP contribution in [0.25, 0.3) is 0 Å². The molecule has 1 N–H and O–H groups in total. The lowest BCUT2D eigenvalue weighted by Crippen LogP contribution is -2.04. The second-order valence-corrected chi connectivity index (χ2v) is 3.67. The standard InChI is InChI=1S/C13H8FN5/c14-12-2-1-9(4-15)3-10(12)6-18-13-8-17-11(5-16)7-19-13/h1-3,7-8H,6H2,(H,18,19). The van der Waals surface area contributed by atoms with Gasteiger partial charge in [-0.1, -0.05) is 0 Å². The summed E-state index contributed by atoms with van der Waals surface area (Å²) in [5.41, 5.74) is 0.970. The van der Waals surface area contributed by atoms with Gasteiger partial charge in [0.15, 0.2) is 5.69 Å². The summed E-state index contributed by atoms with van der Waals surface area (Å²) in [6.45, 7) is 0.182. The molecule has 6 heteroatoms. The summed E-state index contributed by atoms with van der Waals surface area (Å²) in [5, 5.41) is 20.2. The van der Waals surface area contributed by atoms with Gasteiger partial charge in [-0.2, -0.15) is 10.5 Å². The van der Waals surface area contributed by atoms with E-state index in [-0.39, 0.29) is 12.2 Å². The Morgan fingerprint density at radius 1 is 1.16 bits per heavy atom. The van der Waals surface area contributed by atoms with Gasteiger partial charge in [0.2, 0.25) is 0 Å². The van der Waals surface area contributed by atoms with Crippen molar-refractivity contribution in [2.24, 2.45) is 0 Å². The van der Waals surface area contributed by atoms with Crippen molar-refractivity contribution >= 4 is 5.82 Å². The van der Waals surface area contributed by atoms with Gasteiger partial charge in [0.1, 0.15) is 17.7 Å². The molecule has 1 heterocycles. The summed E-state index contributed by atoms with van der Waals surface area (Å²) in [7, 11) is 0. The summed E-state index contributed by atoms with van der Waals surface area (Å²) < 4.78 is 13.5. The molecule has 2 aromatic rings. The molecule has 0 aliphatic carbocycles. The molecule has 2 rings (SSSR count). The van der Waals surface area contributed by atoms with Crippen LogP contribution in [-0.2, 0) is 6.54 Å². The van der Waals surface area contributed by atoms with Crippen LogP contribution < -0.4 is 5.32 Å². The van der Waals surface area contributed by atoms with E-state index in [0.717, 1.165) is 0 Å². The predicted molar refractivity (Wildman–Crippen MR) is 65.2 cm³/mol. The minimum atomic E-state index is -0.395. The van der Waals surface area contributed by atoms with Crippen LogP contribution in [0.2, 0.25) is 0 Å². The van der Waals surface area contributed by atoms with Crippen LogP contribution in [0.4, 0.5) is 10.2 Å². The Morgan fingerprint density at radius 2 is 2.00 bits per heavy atom. The Hall–Kier alpha value is -2.99. The molecular formula is C13H8FN5. The lowest BCUT2D eigenvalue weighted by molar-refractivity contribution is 0.612. The topological polar surface area (TPSA) is 85.4 Å². The largest absolute Gasteiger partial charge is 0.365 e. The Labute approximate surface area is 109 Å². The van der Waals surface area contributed by atoms with Crippen molar-refractivity contribution in [2.75, 3.05) is 5.32 Å². The first-order chi connectivity index (χ1) is 9.22. The van der Waals surface area contributed by atoms with Crippen LogP contribution in [0.5, 0.6) is 0 Å². The lowest BCUT2D eigenvalue weighted by Gasteiger charge is -2.06. The third kappa shape index (κ3) is 3.02. The second-order valence-electron chi connectivity index (χ2n) is 3.67. The zero-order valence-electron chi connectivity index (χ0n) is 9.76. The number of hydrogen-bond acceptors (Lipinski definition) is 5. The highest BCUT2D eigenvalue weighted by Crippen LogP contribution is 2.12. The predicted octanol–water partition coefficient (Wildman–Crippen LogP) is 1.97. The van der Waals surface area contributed by atoms with Crippen LogP contribution >= 0.6 is 0 Å². The Morgan fingerprint density at radius 3 is 2.63 bits per heavy atom. The maximum atomic E-state index is 13.5. The number of anilines is 1. The molecule has 19 heavy (non-hydrogen) atoms. The van der Waals surface area contributed by atoms with Crippen molar-refractivity contribution in [1.29, 1.82) is 10.5 Å². The molecule has 92 valence electrons. The average Bonchev–Trinajstić information content (AvgIpc) is 2.47. The summed E-state index contributed by atoms with van der Waals surface area (Å²) in [5.74, 6) is 0.0360. The molecule has 0 bridgehead atoms. The number of halogens is 1. The van der Waals surface area contributed by atoms with Gasteiger partial charge in [-0.05, 0) is 18.2 Å². The van der Waals surface area contributed by atoms with Crippen LogP contribution in [0.1, 0.15) is 16.8 Å². The molecule has 5 nitrogen and oxygen atoms in total. The number of aromatic nitrogens is 2. The lowest BCUT2D eigenvalue weighted by atomic mass is 10.1. The Kier molecular flexibility index (Phi) is 3.65. The molecule has 0 saturated heterocycles. The van der Waals surface area contributed by atoms with Gasteiger partial charge in [0, 0.05) is 12.1 Å². The minimum Gasteiger partial charge on any atom is -0.365 e. The van der Waals surface area contributed by atoms with Crippen molar-refractivity contribution in [1.82, 2.24) is 9.97 Å². The molecule has 1 aromatic carbocycles. The third-order valence-corrected chi connectivity index (χ3v) is 2.40. The van der Waals surface area contributed by atoms with E-state index in [9.17, 15) is 4.39 Å². The Balaban J connectivity index is 2.10. The molecule has 0 saturated carbocycles. The van der Waals surface area contributed by atoms with Crippen molar-refractivity contribution in [3.05, 3.63) is 53.2 Å². The Bertz CT molecular complexity index is 667. The molecule has 0 aliphatic heterocycles. The molecule has 0 aliphatic rings. The van der Waals surface area contributed by atoms with Crippen LogP contribution in [-0.4, -0.2) is 9.97 Å². The zero-order valence-corrected chi connectivity index (χ0v) is 9.76. The highest BCUT2D eigenvalue weighted by Gasteiger charge is 2.04. The van der Waals surface area contributed by atoms with Gasteiger partial charge < -0.3 is 5.32 Å². The molecule has 1 aromatic heterocycles. The highest BCUT2D eigenvalue weighted by atomic mass is 19.1. The van der Waals surface area contributed by atoms with E-state index in [4.69, 9.17) is 10.5 Å². The minimum absolute atomic E-state index is 0.182.